The number of carbonyl (C=O) groups is 1. The molecular weight excluding hydrogens is 350 g/mol. The second-order valence-corrected chi connectivity index (χ2v) is 6.81. The fourth-order valence-corrected chi connectivity index (χ4v) is 3.30. The van der Waals surface area contributed by atoms with Crippen molar-refractivity contribution >= 4 is 17.5 Å². The number of nitrogens with zero attached hydrogens (tertiary/aromatic N) is 4. The van der Waals surface area contributed by atoms with E-state index in [0.29, 0.717) is 24.7 Å². The van der Waals surface area contributed by atoms with Crippen LogP contribution >= 0.6 is 0 Å². The zero-order valence-electron chi connectivity index (χ0n) is 15.7. The van der Waals surface area contributed by atoms with Gasteiger partial charge in [0.15, 0.2) is 0 Å². The zero-order chi connectivity index (χ0) is 19.2. The van der Waals surface area contributed by atoms with Gasteiger partial charge < -0.3 is 10.2 Å². The third kappa shape index (κ3) is 4.53. The Morgan fingerprint density at radius 3 is 2.29 bits per heavy atom. The van der Waals surface area contributed by atoms with Crippen LogP contribution in [0.4, 0.5) is 11.6 Å². The van der Waals surface area contributed by atoms with Crippen LogP contribution in [0.2, 0.25) is 0 Å². The highest BCUT2D eigenvalue weighted by atomic mass is 16.2. The summed E-state index contributed by atoms with van der Waals surface area (Å²) in [5.41, 5.74) is 2.61. The molecule has 1 N–H and O–H groups in total. The Hall–Kier alpha value is -3.25. The lowest BCUT2D eigenvalue weighted by molar-refractivity contribution is 0.0622. The highest BCUT2D eigenvalue weighted by molar-refractivity contribution is 5.92. The third-order valence-corrected chi connectivity index (χ3v) is 4.81. The van der Waals surface area contributed by atoms with Gasteiger partial charge in [-0.05, 0) is 23.8 Å². The summed E-state index contributed by atoms with van der Waals surface area (Å²) in [4.78, 5) is 25.7. The summed E-state index contributed by atoms with van der Waals surface area (Å²) < 4.78 is 0. The van der Waals surface area contributed by atoms with Crippen molar-refractivity contribution in [2.24, 2.45) is 0 Å². The molecule has 6 nitrogen and oxygen atoms in total. The van der Waals surface area contributed by atoms with Gasteiger partial charge in [0.25, 0.3) is 5.91 Å². The highest BCUT2D eigenvalue weighted by Crippen LogP contribution is 2.14. The van der Waals surface area contributed by atoms with E-state index in [1.165, 1.54) is 5.56 Å². The van der Waals surface area contributed by atoms with Crippen molar-refractivity contribution in [2.45, 2.75) is 6.54 Å². The van der Waals surface area contributed by atoms with Crippen molar-refractivity contribution in [2.75, 3.05) is 31.5 Å². The topological polar surface area (TPSA) is 61.4 Å². The van der Waals surface area contributed by atoms with Crippen molar-refractivity contribution in [1.82, 2.24) is 19.8 Å². The molecule has 1 fully saturated rings. The third-order valence-electron chi connectivity index (χ3n) is 4.81. The Morgan fingerprint density at radius 2 is 1.57 bits per heavy atom. The van der Waals surface area contributed by atoms with Crippen LogP contribution in [0.1, 0.15) is 16.1 Å². The van der Waals surface area contributed by atoms with Crippen LogP contribution in [0.5, 0.6) is 0 Å². The average Bonchev–Trinajstić information content (AvgIpc) is 2.75. The number of carbonyl (C=O) groups excluding carboxylic acids is 1. The fraction of sp³-hybridized carbons (Fsp3) is 0.227. The van der Waals surface area contributed by atoms with Gasteiger partial charge in [-0.1, -0.05) is 48.5 Å². The monoisotopic (exact) mass is 373 g/mol. The Balaban J connectivity index is 1.35. The van der Waals surface area contributed by atoms with Gasteiger partial charge in [0.1, 0.15) is 5.69 Å². The van der Waals surface area contributed by atoms with Crippen LogP contribution in [0, 0.1) is 0 Å². The van der Waals surface area contributed by atoms with E-state index in [4.69, 9.17) is 0 Å². The minimum absolute atomic E-state index is 0.0436. The summed E-state index contributed by atoms with van der Waals surface area (Å²) in [6.07, 6.45) is 1.62. The minimum atomic E-state index is -0.0436. The van der Waals surface area contributed by atoms with E-state index in [2.05, 4.69) is 44.5 Å². The Labute approximate surface area is 164 Å². The van der Waals surface area contributed by atoms with E-state index in [1.807, 2.05) is 41.3 Å². The van der Waals surface area contributed by atoms with Gasteiger partial charge in [-0.3, -0.25) is 9.69 Å². The van der Waals surface area contributed by atoms with Gasteiger partial charge in [-0.25, -0.2) is 9.97 Å². The van der Waals surface area contributed by atoms with E-state index in [0.717, 1.165) is 25.3 Å². The molecule has 0 bridgehead atoms. The first-order chi connectivity index (χ1) is 13.8. The number of benzene rings is 2. The Bertz CT molecular complexity index is 908. The van der Waals surface area contributed by atoms with Crippen molar-refractivity contribution < 1.29 is 4.79 Å². The van der Waals surface area contributed by atoms with Gasteiger partial charge in [-0.15, -0.1) is 0 Å². The van der Waals surface area contributed by atoms with Crippen molar-refractivity contribution in [3.63, 3.8) is 0 Å². The molecule has 2 heterocycles. The molecule has 0 spiro atoms. The molecule has 1 aliphatic heterocycles. The first kappa shape index (κ1) is 18.1. The van der Waals surface area contributed by atoms with Crippen LogP contribution in [0.25, 0.3) is 0 Å². The zero-order valence-corrected chi connectivity index (χ0v) is 15.7. The summed E-state index contributed by atoms with van der Waals surface area (Å²) >= 11 is 0. The molecular formula is C22H23N5O. The molecule has 0 saturated carbocycles. The van der Waals surface area contributed by atoms with Crippen LogP contribution in [0.3, 0.4) is 0 Å². The van der Waals surface area contributed by atoms with Gasteiger partial charge in [-0.2, -0.15) is 0 Å². The van der Waals surface area contributed by atoms with Crippen LogP contribution < -0.4 is 5.32 Å². The predicted molar refractivity (Wildman–Crippen MR) is 109 cm³/mol. The maximum atomic E-state index is 12.9. The quantitative estimate of drug-likeness (QED) is 0.744. The number of aromatic nitrogens is 2. The summed E-state index contributed by atoms with van der Waals surface area (Å²) in [6.45, 7) is 4.05. The molecule has 1 saturated heterocycles. The second-order valence-electron chi connectivity index (χ2n) is 6.81. The molecule has 0 atom stereocenters. The maximum Gasteiger partial charge on any atom is 0.272 e. The summed E-state index contributed by atoms with van der Waals surface area (Å²) in [6, 6.07) is 21.8. The molecule has 1 aromatic heterocycles. The summed E-state index contributed by atoms with van der Waals surface area (Å²) in [5, 5.41) is 3.14. The van der Waals surface area contributed by atoms with Crippen molar-refractivity contribution in [3.05, 3.63) is 84.2 Å². The first-order valence-corrected chi connectivity index (χ1v) is 9.48. The Kier molecular flexibility index (Phi) is 5.58. The molecule has 1 amide bonds. The summed E-state index contributed by atoms with van der Waals surface area (Å²) in [5.74, 6) is 0.387. The standard InChI is InChI=1S/C22H23N5O/c28-21(20-11-12-23-22(25-20)24-19-9-5-2-6-10-19)27-15-13-26(14-16-27)17-18-7-3-1-4-8-18/h1-12H,13-17H2,(H,23,24,25). The molecule has 142 valence electrons. The number of piperazine rings is 1. The smallest absolute Gasteiger partial charge is 0.272 e. The highest BCUT2D eigenvalue weighted by Gasteiger charge is 2.23. The number of anilines is 2. The van der Waals surface area contributed by atoms with E-state index >= 15 is 0 Å². The summed E-state index contributed by atoms with van der Waals surface area (Å²) in [7, 11) is 0. The second kappa shape index (κ2) is 8.63. The molecule has 0 aliphatic carbocycles. The average molecular weight is 373 g/mol. The molecule has 6 heteroatoms. The number of nitrogens with one attached hydrogen (secondary N) is 1. The van der Waals surface area contributed by atoms with Gasteiger partial charge >= 0.3 is 0 Å². The largest absolute Gasteiger partial charge is 0.335 e. The van der Waals surface area contributed by atoms with E-state index < -0.39 is 0 Å². The molecule has 2 aromatic carbocycles. The first-order valence-electron chi connectivity index (χ1n) is 9.48. The normalized spacial score (nSPS) is 14.6. The number of para-hydroxylation sites is 1. The maximum absolute atomic E-state index is 12.9. The number of hydrogen-bond acceptors (Lipinski definition) is 5. The molecule has 1 aliphatic rings. The number of amides is 1. The number of hydrogen-bond donors (Lipinski definition) is 1. The lowest BCUT2D eigenvalue weighted by Gasteiger charge is -2.34. The molecule has 0 unspecified atom stereocenters. The van der Waals surface area contributed by atoms with Crippen LogP contribution in [0.15, 0.2) is 72.9 Å². The molecule has 3 aromatic rings. The van der Waals surface area contributed by atoms with Crippen molar-refractivity contribution in [3.8, 4) is 0 Å². The van der Waals surface area contributed by atoms with E-state index in [1.54, 1.807) is 12.3 Å². The lowest BCUT2D eigenvalue weighted by Crippen LogP contribution is -2.48. The SMILES string of the molecule is O=C(c1ccnc(Nc2ccccc2)n1)N1CCN(Cc2ccccc2)CC1. The number of rotatable bonds is 5. The van der Waals surface area contributed by atoms with Crippen molar-refractivity contribution in [1.29, 1.82) is 0 Å². The van der Waals surface area contributed by atoms with Gasteiger partial charge in [0, 0.05) is 44.6 Å². The molecule has 0 radical (unpaired) electrons. The van der Waals surface area contributed by atoms with Crippen LogP contribution in [-0.2, 0) is 6.54 Å². The lowest BCUT2D eigenvalue weighted by atomic mass is 10.2. The fourth-order valence-electron chi connectivity index (χ4n) is 3.30. The van der Waals surface area contributed by atoms with E-state index in [-0.39, 0.29) is 5.91 Å². The van der Waals surface area contributed by atoms with E-state index in [9.17, 15) is 4.79 Å². The van der Waals surface area contributed by atoms with Crippen LogP contribution in [-0.4, -0.2) is 51.9 Å². The van der Waals surface area contributed by atoms with Gasteiger partial charge in [0.2, 0.25) is 5.95 Å². The molecule has 4 rings (SSSR count). The Morgan fingerprint density at radius 1 is 0.893 bits per heavy atom. The van der Waals surface area contributed by atoms with Gasteiger partial charge in [0.05, 0.1) is 0 Å². The molecule has 28 heavy (non-hydrogen) atoms. The minimum Gasteiger partial charge on any atom is -0.335 e. The predicted octanol–water partition coefficient (Wildman–Crippen LogP) is 3.18.